The lowest BCUT2D eigenvalue weighted by Gasteiger charge is -2.26. The molecule has 3 nitrogen and oxygen atoms in total. The molecule has 1 fully saturated rings. The summed E-state index contributed by atoms with van der Waals surface area (Å²) in [6.07, 6.45) is 5.38. The Morgan fingerprint density at radius 1 is 1.20 bits per heavy atom. The number of rotatable bonds is 5. The molecule has 0 radical (unpaired) electrons. The minimum absolute atomic E-state index is 0. The number of halogens is 1. The lowest BCUT2D eigenvalue weighted by atomic mass is 9.82. The van der Waals surface area contributed by atoms with Gasteiger partial charge >= 0.3 is 0 Å². The lowest BCUT2D eigenvalue weighted by Crippen LogP contribution is -2.33. The van der Waals surface area contributed by atoms with Crippen LogP contribution < -0.4 is 10.6 Å². The molecule has 4 heteroatoms. The Balaban J connectivity index is 0.00000200. The number of carbonyl (C=O) groups excluding carboxylic acids is 1. The average Bonchev–Trinajstić information content (AvgIpc) is 2.91. The van der Waals surface area contributed by atoms with Gasteiger partial charge in [0.1, 0.15) is 0 Å². The molecule has 0 bridgehead atoms. The zero-order valence-electron chi connectivity index (χ0n) is 12.4. The first-order valence-corrected chi connectivity index (χ1v) is 7.25. The van der Waals surface area contributed by atoms with E-state index < -0.39 is 0 Å². The van der Waals surface area contributed by atoms with Crippen LogP contribution in [0.4, 0.5) is 5.69 Å². The van der Waals surface area contributed by atoms with Crippen LogP contribution >= 0.6 is 12.4 Å². The molecule has 2 N–H and O–H groups in total. The van der Waals surface area contributed by atoms with Crippen molar-refractivity contribution in [3.05, 3.63) is 29.8 Å². The molecule has 1 aromatic carbocycles. The number of nitrogens with one attached hydrogen (secondary N) is 2. The summed E-state index contributed by atoms with van der Waals surface area (Å²) >= 11 is 0. The molecular weight excluding hydrogens is 272 g/mol. The molecule has 1 aliphatic rings. The third kappa shape index (κ3) is 3.74. The Labute approximate surface area is 127 Å². The number of anilines is 1. The molecule has 0 aliphatic heterocycles. The van der Waals surface area contributed by atoms with E-state index in [1.807, 2.05) is 19.2 Å². The van der Waals surface area contributed by atoms with Gasteiger partial charge in [0.05, 0.1) is 0 Å². The number of amides is 1. The fourth-order valence-corrected chi connectivity index (χ4v) is 2.97. The van der Waals surface area contributed by atoms with E-state index in [2.05, 4.69) is 29.7 Å². The monoisotopic (exact) mass is 296 g/mol. The van der Waals surface area contributed by atoms with Gasteiger partial charge in [-0.3, -0.25) is 4.79 Å². The molecule has 0 unspecified atom stereocenters. The zero-order chi connectivity index (χ0) is 13.7. The molecule has 0 heterocycles. The standard InChI is InChI=1S/C16H24N2O.ClH/c1-3-16(10-4-5-11-16)15(19)18-14-8-6-13(7-9-14)12-17-2;/h6-9,17H,3-5,10-12H2,1-2H3,(H,18,19);1H. The van der Waals surface area contributed by atoms with Gasteiger partial charge in [-0.15, -0.1) is 12.4 Å². The van der Waals surface area contributed by atoms with E-state index in [0.717, 1.165) is 31.5 Å². The Morgan fingerprint density at radius 3 is 2.30 bits per heavy atom. The largest absolute Gasteiger partial charge is 0.326 e. The highest BCUT2D eigenvalue weighted by molar-refractivity contribution is 5.95. The van der Waals surface area contributed by atoms with Gasteiger partial charge < -0.3 is 10.6 Å². The number of hydrogen-bond donors (Lipinski definition) is 2. The second kappa shape index (κ2) is 7.65. The summed E-state index contributed by atoms with van der Waals surface area (Å²) < 4.78 is 0. The smallest absolute Gasteiger partial charge is 0.230 e. The Hall–Kier alpha value is -1.06. The summed E-state index contributed by atoms with van der Waals surface area (Å²) in [6.45, 7) is 2.98. The van der Waals surface area contributed by atoms with Gasteiger partial charge in [-0.1, -0.05) is 31.9 Å². The van der Waals surface area contributed by atoms with Crippen molar-refractivity contribution in [2.45, 2.75) is 45.6 Å². The van der Waals surface area contributed by atoms with E-state index in [1.165, 1.54) is 18.4 Å². The van der Waals surface area contributed by atoms with Crippen LogP contribution in [0.25, 0.3) is 0 Å². The maximum Gasteiger partial charge on any atom is 0.230 e. The molecule has 1 aliphatic carbocycles. The van der Waals surface area contributed by atoms with Crippen LogP contribution in [0, 0.1) is 5.41 Å². The first-order chi connectivity index (χ1) is 9.20. The van der Waals surface area contributed by atoms with Crippen molar-refractivity contribution in [3.8, 4) is 0 Å². The molecule has 0 saturated heterocycles. The van der Waals surface area contributed by atoms with Gasteiger partial charge in [0.15, 0.2) is 0 Å². The van der Waals surface area contributed by atoms with Crippen LogP contribution in [0.15, 0.2) is 24.3 Å². The van der Waals surface area contributed by atoms with Gasteiger partial charge in [-0.25, -0.2) is 0 Å². The topological polar surface area (TPSA) is 41.1 Å². The van der Waals surface area contributed by atoms with Crippen molar-refractivity contribution < 1.29 is 4.79 Å². The molecule has 2 rings (SSSR count). The van der Waals surface area contributed by atoms with Crippen LogP contribution in [0.1, 0.15) is 44.6 Å². The quantitative estimate of drug-likeness (QED) is 0.869. The normalized spacial score (nSPS) is 16.5. The third-order valence-electron chi connectivity index (χ3n) is 4.31. The lowest BCUT2D eigenvalue weighted by molar-refractivity contribution is -0.125. The highest BCUT2D eigenvalue weighted by Gasteiger charge is 2.39. The molecular formula is C16H25ClN2O. The summed E-state index contributed by atoms with van der Waals surface area (Å²) in [6, 6.07) is 8.09. The number of carbonyl (C=O) groups is 1. The van der Waals surface area contributed by atoms with Crippen LogP contribution in [-0.4, -0.2) is 13.0 Å². The Bertz CT molecular complexity index is 425. The van der Waals surface area contributed by atoms with E-state index in [0.29, 0.717) is 0 Å². The zero-order valence-corrected chi connectivity index (χ0v) is 13.2. The summed E-state index contributed by atoms with van der Waals surface area (Å²) in [5.41, 5.74) is 2.01. The molecule has 0 atom stereocenters. The molecule has 1 aromatic rings. The molecule has 0 aromatic heterocycles. The van der Waals surface area contributed by atoms with Gasteiger partial charge in [0.25, 0.3) is 0 Å². The summed E-state index contributed by atoms with van der Waals surface area (Å²) in [5.74, 6) is 0.203. The number of hydrogen-bond acceptors (Lipinski definition) is 2. The summed E-state index contributed by atoms with van der Waals surface area (Å²) in [5, 5.41) is 6.20. The van der Waals surface area contributed by atoms with Crippen molar-refractivity contribution in [2.75, 3.05) is 12.4 Å². The van der Waals surface area contributed by atoms with Crippen LogP contribution in [0.3, 0.4) is 0 Å². The van der Waals surface area contributed by atoms with E-state index in [9.17, 15) is 4.79 Å². The first-order valence-electron chi connectivity index (χ1n) is 7.25. The highest BCUT2D eigenvalue weighted by Crippen LogP contribution is 2.41. The highest BCUT2D eigenvalue weighted by atomic mass is 35.5. The Morgan fingerprint density at radius 2 is 1.80 bits per heavy atom. The molecule has 1 amide bonds. The van der Waals surface area contributed by atoms with E-state index in [4.69, 9.17) is 0 Å². The molecule has 20 heavy (non-hydrogen) atoms. The minimum atomic E-state index is -0.121. The predicted octanol–water partition coefficient (Wildman–Crippen LogP) is 3.74. The first kappa shape index (κ1) is 17.0. The maximum atomic E-state index is 12.5. The summed E-state index contributed by atoms with van der Waals surface area (Å²) in [4.78, 5) is 12.5. The second-order valence-corrected chi connectivity index (χ2v) is 5.52. The van der Waals surface area contributed by atoms with Crippen molar-refractivity contribution in [1.29, 1.82) is 0 Å². The van der Waals surface area contributed by atoms with E-state index in [-0.39, 0.29) is 23.7 Å². The van der Waals surface area contributed by atoms with Gasteiger partial charge in [0.2, 0.25) is 5.91 Å². The van der Waals surface area contributed by atoms with Gasteiger partial charge in [-0.2, -0.15) is 0 Å². The molecule has 1 saturated carbocycles. The van der Waals surface area contributed by atoms with Crippen LogP contribution in [-0.2, 0) is 11.3 Å². The molecule has 112 valence electrons. The predicted molar refractivity (Wildman–Crippen MR) is 86.3 cm³/mol. The molecule has 0 spiro atoms. The summed E-state index contributed by atoms with van der Waals surface area (Å²) in [7, 11) is 1.93. The SMILES string of the molecule is CCC1(C(=O)Nc2ccc(CNC)cc2)CCCC1.Cl. The van der Waals surface area contributed by atoms with E-state index >= 15 is 0 Å². The van der Waals surface area contributed by atoms with Crippen molar-refractivity contribution >= 4 is 24.0 Å². The van der Waals surface area contributed by atoms with Crippen molar-refractivity contribution in [2.24, 2.45) is 5.41 Å². The van der Waals surface area contributed by atoms with Gasteiger partial charge in [0, 0.05) is 17.6 Å². The average molecular weight is 297 g/mol. The fraction of sp³-hybridized carbons (Fsp3) is 0.562. The maximum absolute atomic E-state index is 12.5. The number of benzene rings is 1. The van der Waals surface area contributed by atoms with E-state index in [1.54, 1.807) is 0 Å². The van der Waals surface area contributed by atoms with Crippen LogP contribution in [0.5, 0.6) is 0 Å². The minimum Gasteiger partial charge on any atom is -0.326 e. The van der Waals surface area contributed by atoms with Crippen molar-refractivity contribution in [3.63, 3.8) is 0 Å². The van der Waals surface area contributed by atoms with Crippen LogP contribution in [0.2, 0.25) is 0 Å². The second-order valence-electron chi connectivity index (χ2n) is 5.52. The third-order valence-corrected chi connectivity index (χ3v) is 4.31. The van der Waals surface area contributed by atoms with Gasteiger partial charge in [-0.05, 0) is 44.0 Å². The fourth-order valence-electron chi connectivity index (χ4n) is 2.97. The Kier molecular flexibility index (Phi) is 6.50. The van der Waals surface area contributed by atoms with Crippen molar-refractivity contribution in [1.82, 2.24) is 5.32 Å².